The molecule has 3 aromatic carbocycles. The van der Waals surface area contributed by atoms with Gasteiger partial charge in [-0.25, -0.2) is 8.42 Å². The highest BCUT2D eigenvalue weighted by molar-refractivity contribution is 7.92. The minimum absolute atomic E-state index is 0.0101. The highest BCUT2D eigenvalue weighted by Crippen LogP contribution is 2.26. The molecule has 220 valence electrons. The van der Waals surface area contributed by atoms with Crippen LogP contribution in [0.25, 0.3) is 0 Å². The molecule has 2 atom stereocenters. The number of benzene rings is 3. The SMILES string of the molecule is CC[C@@H](C)NC(=O)[C@H](C)N(Cc1ccc(OC)cc1)C(=O)CN(c1ccc(C)cc1)S(=O)(=O)c1ccc(OC)cc1. The van der Waals surface area contributed by atoms with E-state index in [2.05, 4.69) is 5.32 Å². The van der Waals surface area contributed by atoms with Gasteiger partial charge in [-0.05, 0) is 81.3 Å². The maximum Gasteiger partial charge on any atom is 0.264 e. The number of ether oxygens (including phenoxy) is 2. The van der Waals surface area contributed by atoms with Crippen LogP contribution in [0.1, 0.15) is 38.3 Å². The van der Waals surface area contributed by atoms with Crippen molar-refractivity contribution >= 4 is 27.5 Å². The Kier molecular flexibility index (Phi) is 10.8. The molecule has 0 radical (unpaired) electrons. The van der Waals surface area contributed by atoms with Crippen molar-refractivity contribution < 1.29 is 27.5 Å². The number of methoxy groups -OCH3 is 2. The zero-order chi connectivity index (χ0) is 30.2. The molecule has 3 rings (SSSR count). The Balaban J connectivity index is 2.01. The zero-order valence-electron chi connectivity index (χ0n) is 24.5. The number of sulfonamides is 1. The van der Waals surface area contributed by atoms with E-state index in [1.165, 1.54) is 24.1 Å². The molecule has 2 amide bonds. The van der Waals surface area contributed by atoms with E-state index >= 15 is 0 Å². The molecule has 10 heteroatoms. The molecule has 0 spiro atoms. The van der Waals surface area contributed by atoms with Crippen molar-refractivity contribution in [2.45, 2.75) is 57.6 Å². The number of anilines is 1. The summed E-state index contributed by atoms with van der Waals surface area (Å²) in [7, 11) is -1.10. The van der Waals surface area contributed by atoms with Crippen LogP contribution in [0.5, 0.6) is 11.5 Å². The van der Waals surface area contributed by atoms with E-state index in [4.69, 9.17) is 9.47 Å². The summed E-state index contributed by atoms with van der Waals surface area (Å²) in [5, 5.41) is 2.93. The summed E-state index contributed by atoms with van der Waals surface area (Å²) in [5.74, 6) is 0.324. The molecular formula is C31H39N3O6S. The number of aryl methyl sites for hydroxylation is 1. The van der Waals surface area contributed by atoms with E-state index in [0.29, 0.717) is 17.2 Å². The van der Waals surface area contributed by atoms with E-state index in [0.717, 1.165) is 21.9 Å². The molecule has 0 aliphatic heterocycles. The van der Waals surface area contributed by atoms with E-state index in [-0.39, 0.29) is 23.4 Å². The van der Waals surface area contributed by atoms with Gasteiger partial charge in [0.25, 0.3) is 10.0 Å². The summed E-state index contributed by atoms with van der Waals surface area (Å²) < 4.78 is 39.3. The van der Waals surface area contributed by atoms with Crippen LogP contribution < -0.4 is 19.1 Å². The van der Waals surface area contributed by atoms with E-state index < -0.39 is 28.5 Å². The molecule has 0 unspecified atom stereocenters. The summed E-state index contributed by atoms with van der Waals surface area (Å²) in [6.45, 7) is 6.98. The van der Waals surface area contributed by atoms with Gasteiger partial charge in [0.05, 0.1) is 24.8 Å². The van der Waals surface area contributed by atoms with Crippen molar-refractivity contribution in [2.75, 3.05) is 25.1 Å². The topological polar surface area (TPSA) is 105 Å². The van der Waals surface area contributed by atoms with Crippen LogP contribution in [0.2, 0.25) is 0 Å². The number of carbonyl (C=O) groups excluding carboxylic acids is 2. The number of amides is 2. The second-order valence-corrected chi connectivity index (χ2v) is 11.7. The van der Waals surface area contributed by atoms with Crippen molar-refractivity contribution in [3.05, 3.63) is 83.9 Å². The maximum absolute atomic E-state index is 14.0. The zero-order valence-corrected chi connectivity index (χ0v) is 25.3. The second kappa shape index (κ2) is 14.0. The Morgan fingerprint density at radius 3 is 1.90 bits per heavy atom. The Morgan fingerprint density at radius 1 is 0.854 bits per heavy atom. The molecule has 0 bridgehead atoms. The Hall–Kier alpha value is -4.05. The Labute approximate surface area is 243 Å². The van der Waals surface area contributed by atoms with E-state index in [1.54, 1.807) is 62.6 Å². The third-order valence-corrected chi connectivity index (χ3v) is 8.72. The quantitative estimate of drug-likeness (QED) is 0.318. The van der Waals surface area contributed by atoms with Crippen molar-refractivity contribution in [1.82, 2.24) is 10.2 Å². The molecule has 0 saturated heterocycles. The third-order valence-electron chi connectivity index (χ3n) is 6.93. The Morgan fingerprint density at radius 2 is 1.39 bits per heavy atom. The summed E-state index contributed by atoms with van der Waals surface area (Å²) >= 11 is 0. The lowest BCUT2D eigenvalue weighted by Gasteiger charge is -2.32. The van der Waals surface area contributed by atoms with Gasteiger partial charge in [0, 0.05) is 12.6 Å². The number of nitrogens with zero attached hydrogens (tertiary/aromatic N) is 2. The minimum atomic E-state index is -4.16. The monoisotopic (exact) mass is 581 g/mol. The standard InChI is InChI=1S/C31H39N3O6S/c1-7-23(3)32-31(36)24(4)33(20-25-10-14-27(39-5)15-11-25)30(35)21-34(26-12-8-22(2)9-13-26)41(37,38)29-18-16-28(40-6)17-19-29/h8-19,23-24H,7,20-21H2,1-6H3,(H,32,36)/t23-,24+/m1/s1. The lowest BCUT2D eigenvalue weighted by Crippen LogP contribution is -2.52. The van der Waals surface area contributed by atoms with Gasteiger partial charge in [-0.1, -0.05) is 36.8 Å². The van der Waals surface area contributed by atoms with Gasteiger partial charge in [-0.3, -0.25) is 13.9 Å². The molecule has 1 N–H and O–H groups in total. The first-order chi connectivity index (χ1) is 19.5. The van der Waals surface area contributed by atoms with Gasteiger partial charge in [0.15, 0.2) is 0 Å². The summed E-state index contributed by atoms with van der Waals surface area (Å²) in [5.41, 5.74) is 2.04. The molecule has 0 aromatic heterocycles. The fraction of sp³-hybridized carbons (Fsp3) is 0.355. The van der Waals surface area contributed by atoms with Crippen molar-refractivity contribution in [3.8, 4) is 11.5 Å². The summed E-state index contributed by atoms with van der Waals surface area (Å²) in [6, 6.07) is 19.1. The molecular weight excluding hydrogens is 542 g/mol. The fourth-order valence-corrected chi connectivity index (χ4v) is 5.50. The van der Waals surface area contributed by atoms with Crippen LogP contribution in [0.4, 0.5) is 5.69 Å². The van der Waals surface area contributed by atoms with Gasteiger partial charge in [-0.15, -0.1) is 0 Å². The van der Waals surface area contributed by atoms with Gasteiger partial charge in [0.1, 0.15) is 24.1 Å². The summed E-state index contributed by atoms with van der Waals surface area (Å²) in [6.07, 6.45) is 0.728. The highest BCUT2D eigenvalue weighted by atomic mass is 32.2. The maximum atomic E-state index is 14.0. The molecule has 0 saturated carbocycles. The van der Waals surface area contributed by atoms with Crippen LogP contribution in [0, 0.1) is 6.92 Å². The van der Waals surface area contributed by atoms with Gasteiger partial charge < -0.3 is 19.7 Å². The predicted molar refractivity (Wildman–Crippen MR) is 160 cm³/mol. The normalized spacial score (nSPS) is 12.6. The largest absolute Gasteiger partial charge is 0.497 e. The number of hydrogen-bond donors (Lipinski definition) is 1. The first-order valence-electron chi connectivity index (χ1n) is 13.5. The van der Waals surface area contributed by atoms with Crippen LogP contribution in [0.3, 0.4) is 0 Å². The molecule has 3 aromatic rings. The van der Waals surface area contributed by atoms with Crippen molar-refractivity contribution in [3.63, 3.8) is 0 Å². The van der Waals surface area contributed by atoms with E-state index in [1.807, 2.05) is 32.9 Å². The highest BCUT2D eigenvalue weighted by Gasteiger charge is 2.32. The third kappa shape index (κ3) is 8.00. The first-order valence-corrected chi connectivity index (χ1v) is 14.9. The van der Waals surface area contributed by atoms with Crippen LogP contribution >= 0.6 is 0 Å². The molecule has 0 heterocycles. The lowest BCUT2D eigenvalue weighted by molar-refractivity contribution is -0.139. The number of rotatable bonds is 13. The summed E-state index contributed by atoms with van der Waals surface area (Å²) in [4.78, 5) is 28.6. The van der Waals surface area contributed by atoms with Crippen molar-refractivity contribution in [2.24, 2.45) is 0 Å². The van der Waals surface area contributed by atoms with E-state index in [9.17, 15) is 18.0 Å². The van der Waals surface area contributed by atoms with Crippen LogP contribution in [0.15, 0.2) is 77.7 Å². The Bertz CT molecular complexity index is 1410. The second-order valence-electron chi connectivity index (χ2n) is 9.89. The molecule has 0 fully saturated rings. The molecule has 0 aliphatic carbocycles. The van der Waals surface area contributed by atoms with Crippen LogP contribution in [-0.2, 0) is 26.2 Å². The molecule has 41 heavy (non-hydrogen) atoms. The number of nitrogens with one attached hydrogen (secondary N) is 1. The smallest absolute Gasteiger partial charge is 0.264 e. The van der Waals surface area contributed by atoms with Crippen molar-refractivity contribution in [1.29, 1.82) is 0 Å². The average Bonchev–Trinajstić information content (AvgIpc) is 2.98. The number of carbonyl (C=O) groups is 2. The number of hydrogen-bond acceptors (Lipinski definition) is 6. The molecule has 9 nitrogen and oxygen atoms in total. The minimum Gasteiger partial charge on any atom is -0.497 e. The van der Waals surface area contributed by atoms with Gasteiger partial charge in [0.2, 0.25) is 11.8 Å². The van der Waals surface area contributed by atoms with Crippen LogP contribution in [-0.4, -0.2) is 58.0 Å². The fourth-order valence-electron chi connectivity index (χ4n) is 4.09. The first kappa shape index (κ1) is 31.5. The predicted octanol–water partition coefficient (Wildman–Crippen LogP) is 4.54. The molecule has 0 aliphatic rings. The van der Waals surface area contributed by atoms with Gasteiger partial charge >= 0.3 is 0 Å². The average molecular weight is 582 g/mol. The van der Waals surface area contributed by atoms with Gasteiger partial charge in [-0.2, -0.15) is 0 Å². The lowest BCUT2D eigenvalue weighted by atomic mass is 10.1.